The fourth-order valence-electron chi connectivity index (χ4n) is 2.94. The van der Waals surface area contributed by atoms with Gasteiger partial charge in [0.15, 0.2) is 5.96 Å². The Morgan fingerprint density at radius 1 is 1.09 bits per heavy atom. The van der Waals surface area contributed by atoms with Gasteiger partial charge in [-0.2, -0.15) is 0 Å². The molecule has 0 aliphatic carbocycles. The molecule has 2 N–H and O–H groups in total. The Hall–Kier alpha value is -0.0400. The van der Waals surface area contributed by atoms with Gasteiger partial charge in [-0.05, 0) is 52.1 Å². The molecule has 1 saturated heterocycles. The third-order valence-corrected chi connectivity index (χ3v) is 4.40. The standard InChI is InChI=1S/C17H36N4.HI/c1-4-5-7-12-19-17(18-3)20-13-8-10-15-21-14-9-6-11-16(21)2;/h16H,4-15H2,1-3H3,(H2,18,19,20);1H. The summed E-state index contributed by atoms with van der Waals surface area (Å²) < 4.78 is 0. The van der Waals surface area contributed by atoms with Crippen LogP contribution < -0.4 is 10.6 Å². The molecule has 5 heteroatoms. The van der Waals surface area contributed by atoms with Gasteiger partial charge in [-0.15, -0.1) is 24.0 Å². The predicted octanol–water partition coefficient (Wildman–Crippen LogP) is 3.61. The molecule has 0 aromatic rings. The van der Waals surface area contributed by atoms with Gasteiger partial charge in [-0.3, -0.25) is 4.99 Å². The third-order valence-electron chi connectivity index (χ3n) is 4.40. The van der Waals surface area contributed by atoms with Crippen LogP contribution in [0.1, 0.15) is 65.2 Å². The van der Waals surface area contributed by atoms with Crippen molar-refractivity contribution in [1.29, 1.82) is 0 Å². The van der Waals surface area contributed by atoms with E-state index in [2.05, 4.69) is 34.4 Å². The highest BCUT2D eigenvalue weighted by molar-refractivity contribution is 14.0. The van der Waals surface area contributed by atoms with Gasteiger partial charge in [-0.25, -0.2) is 0 Å². The maximum Gasteiger partial charge on any atom is 0.190 e. The number of piperidine rings is 1. The highest BCUT2D eigenvalue weighted by Gasteiger charge is 2.16. The molecule has 1 aliphatic rings. The van der Waals surface area contributed by atoms with Crippen molar-refractivity contribution in [3.8, 4) is 0 Å². The lowest BCUT2D eigenvalue weighted by Crippen LogP contribution is -2.39. The van der Waals surface area contributed by atoms with Crippen LogP contribution in [0.5, 0.6) is 0 Å². The fourth-order valence-corrected chi connectivity index (χ4v) is 2.94. The molecule has 0 aromatic carbocycles. The topological polar surface area (TPSA) is 39.7 Å². The zero-order valence-corrected chi connectivity index (χ0v) is 17.2. The van der Waals surface area contributed by atoms with Gasteiger partial charge in [0.05, 0.1) is 0 Å². The van der Waals surface area contributed by atoms with Gasteiger partial charge < -0.3 is 15.5 Å². The van der Waals surface area contributed by atoms with Gasteiger partial charge >= 0.3 is 0 Å². The molecule has 0 spiro atoms. The molecule has 22 heavy (non-hydrogen) atoms. The van der Waals surface area contributed by atoms with E-state index < -0.39 is 0 Å². The quantitative estimate of drug-likeness (QED) is 0.257. The first-order valence-electron chi connectivity index (χ1n) is 8.96. The minimum atomic E-state index is 0. The number of hydrogen-bond acceptors (Lipinski definition) is 2. The first kappa shape index (κ1) is 22.0. The normalized spacial score (nSPS) is 19.6. The molecule has 4 nitrogen and oxygen atoms in total. The van der Waals surface area contributed by atoms with Crippen LogP contribution in [0.15, 0.2) is 4.99 Å². The number of aliphatic imine (C=N–C) groups is 1. The van der Waals surface area contributed by atoms with E-state index in [-0.39, 0.29) is 24.0 Å². The van der Waals surface area contributed by atoms with Crippen LogP contribution in [0.25, 0.3) is 0 Å². The SMILES string of the molecule is CCCCCNC(=NC)NCCCCN1CCCCC1C.I. The summed E-state index contributed by atoms with van der Waals surface area (Å²) in [5.74, 6) is 0.956. The molecule has 0 radical (unpaired) electrons. The van der Waals surface area contributed by atoms with Crippen LogP contribution in [-0.4, -0.2) is 50.1 Å². The molecule has 1 fully saturated rings. The summed E-state index contributed by atoms with van der Waals surface area (Å²) in [6, 6.07) is 0.791. The average molecular weight is 424 g/mol. The van der Waals surface area contributed by atoms with Crippen molar-refractivity contribution in [3.63, 3.8) is 0 Å². The van der Waals surface area contributed by atoms with Crippen LogP contribution >= 0.6 is 24.0 Å². The second-order valence-corrected chi connectivity index (χ2v) is 6.22. The predicted molar refractivity (Wildman–Crippen MR) is 108 cm³/mol. The summed E-state index contributed by atoms with van der Waals surface area (Å²) in [6.07, 6.45) is 10.5. The lowest BCUT2D eigenvalue weighted by atomic mass is 10.0. The van der Waals surface area contributed by atoms with Gasteiger partial charge in [0.2, 0.25) is 0 Å². The van der Waals surface area contributed by atoms with E-state index in [1.807, 2.05) is 7.05 Å². The van der Waals surface area contributed by atoms with Crippen LogP contribution in [0.4, 0.5) is 0 Å². The summed E-state index contributed by atoms with van der Waals surface area (Å²) >= 11 is 0. The molecule has 1 aliphatic heterocycles. The van der Waals surface area contributed by atoms with Crippen molar-refractivity contribution >= 4 is 29.9 Å². The number of nitrogens with one attached hydrogen (secondary N) is 2. The number of likely N-dealkylation sites (tertiary alicyclic amines) is 1. The van der Waals surface area contributed by atoms with Crippen molar-refractivity contribution in [2.45, 2.75) is 71.3 Å². The van der Waals surface area contributed by atoms with E-state index in [1.165, 1.54) is 64.5 Å². The monoisotopic (exact) mass is 424 g/mol. The molecular formula is C17H37IN4. The first-order chi connectivity index (χ1) is 10.3. The summed E-state index contributed by atoms with van der Waals surface area (Å²) in [7, 11) is 1.85. The van der Waals surface area contributed by atoms with Crippen LogP contribution in [0.2, 0.25) is 0 Å². The fraction of sp³-hybridized carbons (Fsp3) is 0.941. The van der Waals surface area contributed by atoms with Crippen LogP contribution in [0.3, 0.4) is 0 Å². The summed E-state index contributed by atoms with van der Waals surface area (Å²) in [6.45, 7) is 9.21. The Labute approximate surface area is 154 Å². The van der Waals surface area contributed by atoms with E-state index in [0.29, 0.717) is 0 Å². The minimum absolute atomic E-state index is 0. The molecule has 132 valence electrons. The molecule has 0 saturated carbocycles. The Bertz CT molecular complexity index is 284. The van der Waals surface area contributed by atoms with E-state index >= 15 is 0 Å². The lowest BCUT2D eigenvalue weighted by molar-refractivity contribution is 0.158. The number of nitrogens with zero attached hydrogens (tertiary/aromatic N) is 2. The van der Waals surface area contributed by atoms with Gasteiger partial charge in [0.1, 0.15) is 0 Å². The molecule has 0 bridgehead atoms. The molecule has 0 amide bonds. The van der Waals surface area contributed by atoms with Gasteiger partial charge in [-0.1, -0.05) is 26.2 Å². The molecule has 1 rings (SSSR count). The molecule has 1 atom stereocenters. The second kappa shape index (κ2) is 14.5. The number of guanidine groups is 1. The van der Waals surface area contributed by atoms with Crippen molar-refractivity contribution in [3.05, 3.63) is 0 Å². The minimum Gasteiger partial charge on any atom is -0.356 e. The number of halogens is 1. The third kappa shape index (κ3) is 9.87. The molecule has 1 heterocycles. The van der Waals surface area contributed by atoms with Crippen molar-refractivity contribution in [1.82, 2.24) is 15.5 Å². The van der Waals surface area contributed by atoms with E-state index in [0.717, 1.165) is 25.1 Å². The summed E-state index contributed by atoms with van der Waals surface area (Å²) in [4.78, 5) is 6.92. The Kier molecular flexibility index (Phi) is 14.5. The Morgan fingerprint density at radius 2 is 1.77 bits per heavy atom. The number of rotatable bonds is 9. The smallest absolute Gasteiger partial charge is 0.190 e. The van der Waals surface area contributed by atoms with Gasteiger partial charge in [0, 0.05) is 26.2 Å². The lowest BCUT2D eigenvalue weighted by Gasteiger charge is -2.33. The first-order valence-corrected chi connectivity index (χ1v) is 8.96. The molecule has 0 aromatic heterocycles. The molecule has 1 unspecified atom stereocenters. The summed E-state index contributed by atoms with van der Waals surface area (Å²) in [5.41, 5.74) is 0. The highest BCUT2D eigenvalue weighted by Crippen LogP contribution is 2.16. The zero-order valence-electron chi connectivity index (χ0n) is 14.9. The van der Waals surface area contributed by atoms with Crippen molar-refractivity contribution in [2.75, 3.05) is 33.2 Å². The number of hydrogen-bond donors (Lipinski definition) is 2. The van der Waals surface area contributed by atoms with Crippen molar-refractivity contribution < 1.29 is 0 Å². The Balaban J connectivity index is 0.00000441. The second-order valence-electron chi connectivity index (χ2n) is 6.22. The zero-order chi connectivity index (χ0) is 15.3. The largest absolute Gasteiger partial charge is 0.356 e. The summed E-state index contributed by atoms with van der Waals surface area (Å²) in [5, 5.41) is 6.80. The highest BCUT2D eigenvalue weighted by atomic mass is 127. The molecular weight excluding hydrogens is 387 g/mol. The van der Waals surface area contributed by atoms with Crippen LogP contribution in [0, 0.1) is 0 Å². The van der Waals surface area contributed by atoms with E-state index in [9.17, 15) is 0 Å². The number of unbranched alkanes of at least 4 members (excludes halogenated alkanes) is 3. The van der Waals surface area contributed by atoms with Gasteiger partial charge in [0.25, 0.3) is 0 Å². The van der Waals surface area contributed by atoms with Crippen LogP contribution in [-0.2, 0) is 0 Å². The Morgan fingerprint density at radius 3 is 2.36 bits per heavy atom. The van der Waals surface area contributed by atoms with E-state index in [1.54, 1.807) is 0 Å². The maximum absolute atomic E-state index is 4.27. The van der Waals surface area contributed by atoms with Crippen molar-refractivity contribution in [2.24, 2.45) is 4.99 Å². The average Bonchev–Trinajstić information content (AvgIpc) is 2.50. The maximum atomic E-state index is 4.27. The van der Waals surface area contributed by atoms with E-state index in [4.69, 9.17) is 0 Å².